The van der Waals surface area contributed by atoms with Gasteiger partial charge in [0.2, 0.25) is 11.8 Å². The number of primary amides is 1. The van der Waals surface area contributed by atoms with E-state index in [0.29, 0.717) is 54.6 Å². The number of hydrogen-bond acceptors (Lipinski definition) is 26. The molecule has 0 saturated carbocycles. The predicted molar refractivity (Wildman–Crippen MR) is 352 cm³/mol. The Morgan fingerprint density at radius 1 is 0.674 bits per heavy atom. The van der Waals surface area contributed by atoms with Crippen molar-refractivity contribution in [2.75, 3.05) is 13.7 Å². The maximum absolute atomic E-state index is 15.0. The molecule has 9 heterocycles. The van der Waals surface area contributed by atoms with E-state index < -0.39 is 95.7 Å². The normalized spacial score (nSPS) is 17.9. The van der Waals surface area contributed by atoms with Gasteiger partial charge in [-0.25, -0.2) is 39.7 Å². The van der Waals surface area contributed by atoms with Crippen molar-refractivity contribution in [1.29, 1.82) is 0 Å². The van der Waals surface area contributed by atoms with E-state index in [1.165, 1.54) is 45.7 Å². The zero-order valence-electron chi connectivity index (χ0n) is 50.3. The minimum Gasteiger partial charge on any atom is -0.464 e. The predicted octanol–water partition coefficient (Wildman–Crippen LogP) is 6.87. The number of fused-ring (bicyclic) bond motifs is 14. The van der Waals surface area contributed by atoms with Crippen LogP contribution < -0.4 is 42.4 Å². The number of aromatic nitrogens is 7. The summed E-state index contributed by atoms with van der Waals surface area (Å²) in [5, 5.41) is 38.0. The number of carbonyl (C=O) groups is 9. The topological polar surface area (TPSA) is 393 Å². The van der Waals surface area contributed by atoms with Crippen LogP contribution in [0.25, 0.3) is 43.4 Å². The van der Waals surface area contributed by atoms with E-state index in [-0.39, 0.29) is 79.1 Å². The Bertz CT molecular complexity index is 4520. The molecule has 33 heteroatoms. The molecule has 2 aromatic carbocycles. The van der Waals surface area contributed by atoms with Crippen LogP contribution >= 0.6 is 68.0 Å². The highest BCUT2D eigenvalue weighted by atomic mass is 32.1. The lowest BCUT2D eigenvalue weighted by Gasteiger charge is -2.26. The minimum atomic E-state index is -1.43. The number of epoxide rings is 1. The van der Waals surface area contributed by atoms with Crippen LogP contribution in [0.2, 0.25) is 0 Å². The highest BCUT2D eigenvalue weighted by Crippen LogP contribution is 2.41. The Morgan fingerprint density at radius 3 is 2.01 bits per heavy atom. The second-order valence-corrected chi connectivity index (χ2v) is 26.9. The first-order chi connectivity index (χ1) is 45.6. The number of nitrogens with two attached hydrogens (primary N) is 1. The Hall–Kier alpha value is -10.0. The maximum atomic E-state index is 15.0. The van der Waals surface area contributed by atoms with E-state index in [9.17, 15) is 43.5 Å². The Balaban J connectivity index is 0.981. The van der Waals surface area contributed by atoms with Crippen LogP contribution in [0.5, 0.6) is 5.75 Å². The second kappa shape index (κ2) is 28.7. The number of aryl methyl sites for hydroxylation is 1. The summed E-state index contributed by atoms with van der Waals surface area (Å²) in [6, 6.07) is 13.7. The van der Waals surface area contributed by atoms with Gasteiger partial charge in [0.1, 0.15) is 99.5 Å². The number of ether oxygens (including phenoxy) is 3. The van der Waals surface area contributed by atoms with Gasteiger partial charge in [-0.05, 0) is 42.3 Å². The van der Waals surface area contributed by atoms with Gasteiger partial charge in [-0.3, -0.25) is 38.4 Å². The van der Waals surface area contributed by atoms with E-state index in [1.807, 2.05) is 6.92 Å². The summed E-state index contributed by atoms with van der Waals surface area (Å²) < 4.78 is 15.6. The molecule has 10 bridgehead atoms. The van der Waals surface area contributed by atoms with Crippen molar-refractivity contribution < 1.29 is 62.5 Å². The third-order valence-corrected chi connectivity index (χ3v) is 20.2. The van der Waals surface area contributed by atoms with E-state index >= 15 is 4.79 Å². The molecule has 1 fully saturated rings. The van der Waals surface area contributed by atoms with Gasteiger partial charge in [0, 0.05) is 56.6 Å². The van der Waals surface area contributed by atoms with Crippen molar-refractivity contribution in [3.63, 3.8) is 0 Å². The quantitative estimate of drug-likeness (QED) is 0.0225. The van der Waals surface area contributed by atoms with Gasteiger partial charge in [-0.15, -0.1) is 68.0 Å². The van der Waals surface area contributed by atoms with Crippen LogP contribution in [0.3, 0.4) is 0 Å². The molecule has 0 radical (unpaired) electrons. The molecule has 95 heavy (non-hydrogen) atoms. The smallest absolute Gasteiger partial charge is 0.353 e. The number of rotatable bonds is 15. The van der Waals surface area contributed by atoms with E-state index in [0.717, 1.165) is 52.5 Å². The number of nitrogens with zero attached hydrogens (tertiary/aromatic N) is 7. The zero-order chi connectivity index (χ0) is 67.4. The lowest BCUT2D eigenvalue weighted by atomic mass is 9.97. The van der Waals surface area contributed by atoms with Crippen molar-refractivity contribution in [2.45, 2.75) is 70.0 Å². The van der Waals surface area contributed by atoms with Crippen LogP contribution in [0.15, 0.2) is 118 Å². The van der Waals surface area contributed by atoms with Crippen LogP contribution in [-0.2, 0) is 39.9 Å². The molecule has 9 aromatic rings. The van der Waals surface area contributed by atoms with Crippen molar-refractivity contribution in [3.8, 4) is 49.1 Å². The number of thiazole rings is 6. The molecule has 7 atom stereocenters. The molecule has 0 aliphatic carbocycles. The molecule has 9 N–H and O–H groups in total. The average molecular weight is 1400 g/mol. The Labute approximate surface area is 563 Å². The molecule has 27 nitrogen and oxygen atoms in total. The number of methoxy groups -OCH3 is 1. The molecule has 1 saturated heterocycles. The first kappa shape index (κ1) is 66.5. The first-order valence-electron chi connectivity index (χ1n) is 28.6. The maximum Gasteiger partial charge on any atom is 0.353 e. The van der Waals surface area contributed by atoms with Gasteiger partial charge in [0.15, 0.2) is 0 Å². The zero-order valence-corrected chi connectivity index (χ0v) is 55.2. The van der Waals surface area contributed by atoms with Crippen LogP contribution in [0, 0.1) is 12.8 Å². The standard InChI is InChI=1S/C62H54N14O13S6/c1-26(43-20-88-43)45-60-73-42(25-94-60)58-69-38(21-91-58)47-34(16-17-35(66-47)57-71-39(23-92-57)52(82)64-27(2)50(80)65-28(3)62(86)87-6)56-70-40(22-90-56)54(84)68-37(19-44(63)78)59-76-46(29(4)95-59)55(85)75-48(49(79)32-10-8-7-9-11-32)61-72-41(24-93-61)53(83)67-36(51(81)74-45)18-31-12-14-33(15-13-31)89-30(5)77/h7-17,21-26,36-37,43,45,48-49,79H,2-3,18-20H2,1,4-6H3,(H2,63,78)(H,64,82)(H,65,80)(H,67,83)(H,68,84)(H,74,81)(H,75,85)/t26-,36-,37-,43-,45-,48-,49+/m0/s1. The number of nitrogens with one attached hydrogen (secondary N) is 6. The number of benzene rings is 2. The monoisotopic (exact) mass is 1390 g/mol. The molecule has 0 spiro atoms. The molecular weight excluding hydrogens is 1340 g/mol. The Morgan fingerprint density at radius 2 is 1.31 bits per heavy atom. The fourth-order valence-electron chi connectivity index (χ4n) is 9.67. The first-order valence-corrected chi connectivity index (χ1v) is 33.8. The summed E-state index contributed by atoms with van der Waals surface area (Å²) in [6.07, 6.45) is -2.18. The number of aliphatic hydroxyl groups excluding tert-OH is 1. The van der Waals surface area contributed by atoms with Crippen LogP contribution in [0.4, 0.5) is 0 Å². The van der Waals surface area contributed by atoms with Gasteiger partial charge in [0.05, 0.1) is 49.7 Å². The Kier molecular flexibility index (Phi) is 20.1. The number of carbonyl (C=O) groups excluding carboxylic acids is 9. The summed E-state index contributed by atoms with van der Waals surface area (Å²) >= 11 is 6.65. The van der Waals surface area contributed by atoms with Gasteiger partial charge in [-0.2, -0.15) is 0 Å². The van der Waals surface area contributed by atoms with Crippen molar-refractivity contribution in [1.82, 2.24) is 66.8 Å². The molecule has 486 valence electrons. The number of amides is 7. The van der Waals surface area contributed by atoms with Crippen molar-refractivity contribution >= 4 is 121 Å². The molecule has 7 amide bonds. The summed E-state index contributed by atoms with van der Waals surface area (Å²) in [4.78, 5) is 155. The SMILES string of the molecule is C=C(NC(=O)c1csc(-c2ccc3c(n2)-c2csc(n2)-c2csc(n2)[C@H]([C@@H](C)[C@@H]2CO2)NC(=O)[C@H](Cc2ccc(OC(C)=O)cc2)NC(=O)c2csc(n2)[C@H]([C@H](O)c2ccccc2)NC(=O)c2nc(sc2C)[C@H](CC(N)=O)NC(=O)c2csc-3n2)n1)C(=O)NC(=C)C(=O)OC. The summed E-state index contributed by atoms with van der Waals surface area (Å²) in [5.41, 5.74) is 7.26. The second-order valence-electron chi connectivity index (χ2n) is 21.4. The number of hydrogen-bond donors (Lipinski definition) is 8. The fourth-order valence-corrected chi connectivity index (χ4v) is 14.9. The minimum absolute atomic E-state index is 0.0575. The number of esters is 2. The van der Waals surface area contributed by atoms with E-state index in [1.54, 1.807) is 84.4 Å². The largest absolute Gasteiger partial charge is 0.464 e. The molecule has 0 unspecified atom stereocenters. The molecule has 11 rings (SSSR count). The van der Waals surface area contributed by atoms with Crippen LogP contribution in [-0.4, -0.2) is 119 Å². The van der Waals surface area contributed by atoms with Gasteiger partial charge >= 0.3 is 11.9 Å². The third kappa shape index (κ3) is 15.5. The summed E-state index contributed by atoms with van der Waals surface area (Å²) in [6.45, 7) is 12.2. The van der Waals surface area contributed by atoms with Crippen LogP contribution in [0.1, 0.15) is 117 Å². The molecule has 7 aromatic heterocycles. The van der Waals surface area contributed by atoms with Crippen molar-refractivity contribution in [3.05, 3.63) is 172 Å². The number of pyridine rings is 1. The summed E-state index contributed by atoms with van der Waals surface area (Å²) in [7, 11) is 1.11. The molecule has 2 aliphatic rings. The van der Waals surface area contributed by atoms with E-state index in [4.69, 9.17) is 35.1 Å². The molecular formula is C62H54N14O13S6. The van der Waals surface area contributed by atoms with Gasteiger partial charge in [-0.1, -0.05) is 62.5 Å². The van der Waals surface area contributed by atoms with Crippen molar-refractivity contribution in [2.24, 2.45) is 11.7 Å². The van der Waals surface area contributed by atoms with Gasteiger partial charge in [0.25, 0.3) is 29.5 Å². The van der Waals surface area contributed by atoms with Gasteiger partial charge < -0.3 is 57.0 Å². The lowest BCUT2D eigenvalue weighted by Crippen LogP contribution is -2.50. The number of aliphatic hydroxyl groups is 1. The summed E-state index contributed by atoms with van der Waals surface area (Å²) in [5.74, 6) is -6.91. The lowest BCUT2D eigenvalue weighted by molar-refractivity contribution is -0.137. The highest BCUT2D eigenvalue weighted by Gasteiger charge is 2.40. The average Bonchev–Trinajstić information content (AvgIpc) is 1.68. The fraction of sp³-hybridized carbons (Fsp3) is 0.226. The molecule has 2 aliphatic heterocycles. The van der Waals surface area contributed by atoms with E-state index in [2.05, 4.69) is 64.7 Å². The highest BCUT2D eigenvalue weighted by molar-refractivity contribution is 7.15. The third-order valence-electron chi connectivity index (χ3n) is 14.6.